The topological polar surface area (TPSA) is 63.1 Å². The Hall–Kier alpha value is -2.28. The first-order valence-corrected chi connectivity index (χ1v) is 9.16. The van der Waals surface area contributed by atoms with E-state index in [-0.39, 0.29) is 23.5 Å². The number of hydrogen-bond acceptors (Lipinski definition) is 4. The number of nitrogens with one attached hydrogen (secondary N) is 1. The Bertz CT molecular complexity index is 765. The van der Waals surface area contributed by atoms with Crippen molar-refractivity contribution in [3.8, 4) is 5.69 Å². The fourth-order valence-corrected chi connectivity index (χ4v) is 3.36. The number of carbonyl (C=O) groups is 1. The summed E-state index contributed by atoms with van der Waals surface area (Å²) >= 11 is 0. The SMILES string of the molecule is CNCC1CCN(C(=O)c2nc(C(C)C)n(-c3cccc(F)c3)n2)CC1. The fraction of sp³-hybridized carbons (Fsp3) is 0.526. The van der Waals surface area contributed by atoms with Crippen molar-refractivity contribution in [2.45, 2.75) is 32.6 Å². The minimum atomic E-state index is -0.341. The van der Waals surface area contributed by atoms with Crippen molar-refractivity contribution < 1.29 is 9.18 Å². The summed E-state index contributed by atoms with van der Waals surface area (Å²) in [6.07, 6.45) is 1.96. The van der Waals surface area contributed by atoms with Crippen molar-refractivity contribution >= 4 is 5.91 Å². The summed E-state index contributed by atoms with van der Waals surface area (Å²) in [5.41, 5.74) is 0.577. The number of nitrogens with zero attached hydrogens (tertiary/aromatic N) is 4. The molecule has 1 aliphatic rings. The van der Waals surface area contributed by atoms with Crippen LogP contribution >= 0.6 is 0 Å². The first-order chi connectivity index (χ1) is 12.5. The molecule has 0 saturated carbocycles. The van der Waals surface area contributed by atoms with E-state index in [2.05, 4.69) is 15.4 Å². The lowest BCUT2D eigenvalue weighted by molar-refractivity contribution is 0.0678. The standard InChI is InChI=1S/C19H26FN5O/c1-13(2)18-22-17(23-25(18)16-6-4-5-15(20)11-16)19(26)24-9-7-14(8-10-24)12-21-3/h4-6,11,13-14,21H,7-10,12H2,1-3H3. The van der Waals surface area contributed by atoms with Crippen molar-refractivity contribution in [2.75, 3.05) is 26.7 Å². The number of halogens is 1. The fourth-order valence-electron chi connectivity index (χ4n) is 3.36. The van der Waals surface area contributed by atoms with Crippen molar-refractivity contribution in [1.29, 1.82) is 0 Å². The zero-order valence-electron chi connectivity index (χ0n) is 15.6. The van der Waals surface area contributed by atoms with Gasteiger partial charge in [0.2, 0.25) is 5.82 Å². The quantitative estimate of drug-likeness (QED) is 0.891. The van der Waals surface area contributed by atoms with Crippen molar-refractivity contribution in [1.82, 2.24) is 25.0 Å². The van der Waals surface area contributed by atoms with Crippen LogP contribution in [0.1, 0.15) is 49.1 Å². The molecule has 1 aliphatic heterocycles. The third kappa shape index (κ3) is 3.93. The molecule has 1 N–H and O–H groups in total. The lowest BCUT2D eigenvalue weighted by Crippen LogP contribution is -2.40. The Balaban J connectivity index is 1.82. The maximum atomic E-state index is 13.6. The van der Waals surface area contributed by atoms with Gasteiger partial charge in [-0.05, 0) is 50.6 Å². The van der Waals surface area contributed by atoms with Gasteiger partial charge in [0, 0.05) is 19.0 Å². The zero-order valence-corrected chi connectivity index (χ0v) is 15.6. The van der Waals surface area contributed by atoms with E-state index in [1.54, 1.807) is 16.8 Å². The molecule has 6 nitrogen and oxygen atoms in total. The minimum absolute atomic E-state index is 0.0636. The summed E-state index contributed by atoms with van der Waals surface area (Å²) in [6.45, 7) is 6.38. The van der Waals surface area contributed by atoms with Gasteiger partial charge in [-0.1, -0.05) is 19.9 Å². The van der Waals surface area contributed by atoms with Crippen LogP contribution in [0.4, 0.5) is 4.39 Å². The highest BCUT2D eigenvalue weighted by atomic mass is 19.1. The van der Waals surface area contributed by atoms with Gasteiger partial charge in [0.05, 0.1) is 5.69 Å². The Morgan fingerprint density at radius 2 is 2.08 bits per heavy atom. The van der Waals surface area contributed by atoms with Gasteiger partial charge in [-0.25, -0.2) is 14.1 Å². The summed E-state index contributed by atoms with van der Waals surface area (Å²) < 4.78 is 15.2. The second kappa shape index (κ2) is 7.95. The molecule has 7 heteroatoms. The lowest BCUT2D eigenvalue weighted by Gasteiger charge is -2.31. The molecule has 0 atom stereocenters. The molecule has 26 heavy (non-hydrogen) atoms. The molecular weight excluding hydrogens is 333 g/mol. The number of benzene rings is 1. The highest BCUT2D eigenvalue weighted by Gasteiger charge is 2.27. The van der Waals surface area contributed by atoms with E-state index >= 15 is 0 Å². The van der Waals surface area contributed by atoms with Crippen LogP contribution in [0.5, 0.6) is 0 Å². The zero-order chi connectivity index (χ0) is 18.7. The van der Waals surface area contributed by atoms with Crippen LogP contribution in [0.3, 0.4) is 0 Å². The molecule has 1 saturated heterocycles. The Morgan fingerprint density at radius 1 is 1.35 bits per heavy atom. The molecule has 2 aromatic rings. The van der Waals surface area contributed by atoms with E-state index < -0.39 is 0 Å². The van der Waals surface area contributed by atoms with Crippen molar-refractivity contribution in [3.05, 3.63) is 41.7 Å². The van der Waals surface area contributed by atoms with Crippen LogP contribution in [-0.2, 0) is 0 Å². The largest absolute Gasteiger partial charge is 0.336 e. The number of hydrogen-bond donors (Lipinski definition) is 1. The maximum Gasteiger partial charge on any atom is 0.293 e. The van der Waals surface area contributed by atoms with Crippen LogP contribution in [-0.4, -0.2) is 52.3 Å². The van der Waals surface area contributed by atoms with E-state index in [4.69, 9.17) is 0 Å². The smallest absolute Gasteiger partial charge is 0.293 e. The summed E-state index contributed by atoms with van der Waals surface area (Å²) in [5.74, 6) is 1.02. The van der Waals surface area contributed by atoms with Crippen LogP contribution in [0, 0.1) is 11.7 Å². The number of rotatable bonds is 5. The molecule has 3 rings (SSSR count). The molecule has 0 spiro atoms. The van der Waals surface area contributed by atoms with Crippen molar-refractivity contribution in [3.63, 3.8) is 0 Å². The van der Waals surface area contributed by atoms with E-state index in [1.807, 2.05) is 25.8 Å². The number of likely N-dealkylation sites (tertiary alicyclic amines) is 1. The average molecular weight is 359 g/mol. The predicted octanol–water partition coefficient (Wildman–Crippen LogP) is 2.60. The molecule has 1 aromatic carbocycles. The van der Waals surface area contributed by atoms with Crippen LogP contribution in [0.2, 0.25) is 0 Å². The van der Waals surface area contributed by atoms with Gasteiger partial charge in [0.1, 0.15) is 11.6 Å². The Kier molecular flexibility index (Phi) is 5.66. The molecular formula is C19H26FN5O. The molecule has 0 unspecified atom stereocenters. The molecule has 0 aliphatic carbocycles. The number of piperidine rings is 1. The van der Waals surface area contributed by atoms with Gasteiger partial charge in [-0.3, -0.25) is 4.79 Å². The lowest BCUT2D eigenvalue weighted by atomic mass is 9.97. The number of carbonyl (C=O) groups excluding carboxylic acids is 1. The predicted molar refractivity (Wildman–Crippen MR) is 98.0 cm³/mol. The summed E-state index contributed by atoms with van der Waals surface area (Å²) in [7, 11) is 1.95. The van der Waals surface area contributed by atoms with Gasteiger partial charge in [-0.2, -0.15) is 0 Å². The van der Waals surface area contributed by atoms with Crippen LogP contribution < -0.4 is 5.32 Å². The van der Waals surface area contributed by atoms with Gasteiger partial charge < -0.3 is 10.2 Å². The minimum Gasteiger partial charge on any atom is -0.336 e. The molecule has 0 bridgehead atoms. The van der Waals surface area contributed by atoms with Crippen LogP contribution in [0.25, 0.3) is 5.69 Å². The first kappa shape index (κ1) is 18.5. The first-order valence-electron chi connectivity index (χ1n) is 9.16. The molecule has 0 radical (unpaired) electrons. The highest BCUT2D eigenvalue weighted by Crippen LogP contribution is 2.21. The van der Waals surface area contributed by atoms with E-state index in [0.29, 0.717) is 17.4 Å². The highest BCUT2D eigenvalue weighted by molar-refractivity contribution is 5.90. The third-order valence-corrected chi connectivity index (χ3v) is 4.79. The molecule has 140 valence electrons. The van der Waals surface area contributed by atoms with E-state index in [9.17, 15) is 9.18 Å². The summed E-state index contributed by atoms with van der Waals surface area (Å²) in [5, 5.41) is 7.61. The second-order valence-corrected chi connectivity index (χ2v) is 7.13. The second-order valence-electron chi connectivity index (χ2n) is 7.13. The van der Waals surface area contributed by atoms with Crippen LogP contribution in [0.15, 0.2) is 24.3 Å². The third-order valence-electron chi connectivity index (χ3n) is 4.79. The molecule has 1 fully saturated rings. The van der Waals surface area contributed by atoms with Crippen molar-refractivity contribution in [2.24, 2.45) is 5.92 Å². The van der Waals surface area contributed by atoms with Gasteiger partial charge >= 0.3 is 0 Å². The average Bonchev–Trinajstić information content (AvgIpc) is 3.08. The van der Waals surface area contributed by atoms with E-state index in [1.165, 1.54) is 12.1 Å². The Labute approximate surface area is 153 Å². The summed E-state index contributed by atoms with van der Waals surface area (Å²) in [4.78, 5) is 19.1. The maximum absolute atomic E-state index is 13.6. The normalized spacial score (nSPS) is 15.7. The Morgan fingerprint density at radius 3 is 2.69 bits per heavy atom. The molecule has 1 aromatic heterocycles. The number of aromatic nitrogens is 3. The monoisotopic (exact) mass is 359 g/mol. The van der Waals surface area contributed by atoms with E-state index in [0.717, 1.165) is 32.5 Å². The molecule has 1 amide bonds. The molecule has 2 heterocycles. The van der Waals surface area contributed by atoms with Gasteiger partial charge in [-0.15, -0.1) is 5.10 Å². The van der Waals surface area contributed by atoms with Gasteiger partial charge in [0.25, 0.3) is 5.91 Å². The summed E-state index contributed by atoms with van der Waals surface area (Å²) in [6, 6.07) is 6.18. The number of amides is 1. The van der Waals surface area contributed by atoms with Gasteiger partial charge in [0.15, 0.2) is 0 Å².